The van der Waals surface area contributed by atoms with Crippen molar-refractivity contribution >= 4 is 5.78 Å². The molecule has 0 aromatic heterocycles. The maximum absolute atomic E-state index is 11.5. The summed E-state index contributed by atoms with van der Waals surface area (Å²) >= 11 is 0. The second-order valence-corrected chi connectivity index (χ2v) is 3.79. The summed E-state index contributed by atoms with van der Waals surface area (Å²) in [6.07, 6.45) is 9.70. The topological polar surface area (TPSA) is 17.1 Å². The fourth-order valence-electron chi connectivity index (χ4n) is 1.90. The Morgan fingerprint density at radius 3 is 2.83 bits per heavy atom. The van der Waals surface area contributed by atoms with Crippen molar-refractivity contribution in [1.29, 1.82) is 0 Å². The van der Waals surface area contributed by atoms with Crippen LogP contribution < -0.4 is 0 Å². The Labute approximate surface area is 74.5 Å². The first-order valence-electron chi connectivity index (χ1n) is 4.70. The Balaban J connectivity index is 2.29. The summed E-state index contributed by atoms with van der Waals surface area (Å²) in [5.41, 5.74) is 0. The lowest BCUT2D eigenvalue weighted by Crippen LogP contribution is -2.10. The normalized spacial score (nSPS) is 28.3. The number of ketones is 1. The van der Waals surface area contributed by atoms with Crippen LogP contribution in [0.3, 0.4) is 0 Å². The van der Waals surface area contributed by atoms with E-state index in [0.29, 0.717) is 24.5 Å². The highest BCUT2D eigenvalue weighted by Gasteiger charge is 2.26. The molecule has 2 unspecified atom stereocenters. The van der Waals surface area contributed by atoms with Gasteiger partial charge in [-0.1, -0.05) is 6.92 Å². The van der Waals surface area contributed by atoms with Crippen molar-refractivity contribution in [3.8, 4) is 12.3 Å². The van der Waals surface area contributed by atoms with Gasteiger partial charge in [-0.05, 0) is 25.2 Å². The minimum Gasteiger partial charge on any atom is -0.299 e. The molecule has 1 saturated carbocycles. The lowest BCUT2D eigenvalue weighted by atomic mass is 9.98. The van der Waals surface area contributed by atoms with Crippen molar-refractivity contribution in [2.24, 2.45) is 11.8 Å². The molecule has 0 aromatic carbocycles. The molecule has 0 radical (unpaired) electrons. The quantitative estimate of drug-likeness (QED) is 0.585. The highest BCUT2D eigenvalue weighted by Crippen LogP contribution is 2.31. The van der Waals surface area contributed by atoms with E-state index < -0.39 is 0 Å². The molecule has 1 aliphatic carbocycles. The average molecular weight is 164 g/mol. The van der Waals surface area contributed by atoms with Gasteiger partial charge in [-0.25, -0.2) is 0 Å². The molecule has 1 nitrogen and oxygen atoms in total. The van der Waals surface area contributed by atoms with Crippen LogP contribution in [0.2, 0.25) is 0 Å². The van der Waals surface area contributed by atoms with Gasteiger partial charge in [-0.3, -0.25) is 4.79 Å². The third-order valence-corrected chi connectivity index (χ3v) is 2.67. The highest BCUT2D eigenvalue weighted by molar-refractivity contribution is 5.81. The van der Waals surface area contributed by atoms with Crippen LogP contribution >= 0.6 is 0 Å². The van der Waals surface area contributed by atoms with E-state index in [9.17, 15) is 4.79 Å². The fourth-order valence-corrected chi connectivity index (χ4v) is 1.90. The van der Waals surface area contributed by atoms with Crippen LogP contribution in [0.4, 0.5) is 0 Å². The molecule has 0 N–H and O–H groups in total. The van der Waals surface area contributed by atoms with E-state index in [1.807, 2.05) is 0 Å². The van der Waals surface area contributed by atoms with Crippen LogP contribution in [0.15, 0.2) is 0 Å². The minimum absolute atomic E-state index is 0.327. The lowest BCUT2D eigenvalue weighted by molar-refractivity contribution is -0.122. The first-order chi connectivity index (χ1) is 5.74. The number of carbonyl (C=O) groups is 1. The summed E-state index contributed by atoms with van der Waals surface area (Å²) in [5.74, 6) is 3.97. The van der Waals surface area contributed by atoms with E-state index in [4.69, 9.17) is 6.42 Å². The van der Waals surface area contributed by atoms with E-state index in [-0.39, 0.29) is 0 Å². The molecule has 2 atom stereocenters. The number of rotatable bonds is 3. The predicted molar refractivity (Wildman–Crippen MR) is 49.6 cm³/mol. The van der Waals surface area contributed by atoms with Crippen molar-refractivity contribution in [2.45, 2.75) is 39.0 Å². The van der Waals surface area contributed by atoms with Crippen LogP contribution in [-0.4, -0.2) is 5.78 Å². The summed E-state index contributed by atoms with van der Waals surface area (Å²) < 4.78 is 0. The first-order valence-corrected chi connectivity index (χ1v) is 4.70. The fraction of sp³-hybridized carbons (Fsp3) is 0.727. The monoisotopic (exact) mass is 164 g/mol. The van der Waals surface area contributed by atoms with Crippen molar-refractivity contribution < 1.29 is 4.79 Å². The smallest absolute Gasteiger partial charge is 0.136 e. The van der Waals surface area contributed by atoms with Gasteiger partial charge in [0, 0.05) is 18.8 Å². The van der Waals surface area contributed by atoms with Gasteiger partial charge in [-0.2, -0.15) is 0 Å². The van der Waals surface area contributed by atoms with Gasteiger partial charge in [0.1, 0.15) is 5.78 Å². The molecule has 0 saturated heterocycles. The van der Waals surface area contributed by atoms with Crippen LogP contribution in [0.5, 0.6) is 0 Å². The number of hydrogen-bond acceptors (Lipinski definition) is 1. The molecular weight excluding hydrogens is 148 g/mol. The SMILES string of the molecule is C#CCCC(=O)C1CCC(C)C1. The molecule has 0 bridgehead atoms. The summed E-state index contributed by atoms with van der Waals surface area (Å²) in [7, 11) is 0. The van der Waals surface area contributed by atoms with E-state index in [0.717, 1.165) is 18.8 Å². The molecule has 1 aliphatic rings. The van der Waals surface area contributed by atoms with Gasteiger partial charge >= 0.3 is 0 Å². The van der Waals surface area contributed by atoms with Crippen molar-refractivity contribution in [1.82, 2.24) is 0 Å². The molecule has 12 heavy (non-hydrogen) atoms. The van der Waals surface area contributed by atoms with Crippen LogP contribution in [-0.2, 0) is 4.79 Å². The molecule has 1 heteroatoms. The predicted octanol–water partition coefficient (Wildman–Crippen LogP) is 2.41. The zero-order valence-corrected chi connectivity index (χ0v) is 7.68. The van der Waals surface area contributed by atoms with E-state index in [1.54, 1.807) is 0 Å². The number of terminal acetylenes is 1. The van der Waals surface area contributed by atoms with E-state index in [2.05, 4.69) is 12.8 Å². The van der Waals surface area contributed by atoms with Crippen molar-refractivity contribution in [3.05, 3.63) is 0 Å². The van der Waals surface area contributed by atoms with Gasteiger partial charge in [0.25, 0.3) is 0 Å². The summed E-state index contributed by atoms with van der Waals surface area (Å²) in [5, 5.41) is 0. The second-order valence-electron chi connectivity index (χ2n) is 3.79. The molecule has 0 heterocycles. The molecule has 1 rings (SSSR count). The highest BCUT2D eigenvalue weighted by atomic mass is 16.1. The number of carbonyl (C=O) groups excluding carboxylic acids is 1. The Morgan fingerprint density at radius 2 is 2.33 bits per heavy atom. The molecule has 0 amide bonds. The molecule has 0 aliphatic heterocycles. The largest absolute Gasteiger partial charge is 0.299 e. The minimum atomic E-state index is 0.327. The molecular formula is C11H16O. The van der Waals surface area contributed by atoms with Crippen LogP contribution in [0.1, 0.15) is 39.0 Å². The number of hydrogen-bond donors (Lipinski definition) is 0. The zero-order chi connectivity index (χ0) is 8.97. The van der Waals surface area contributed by atoms with Gasteiger partial charge in [0.05, 0.1) is 0 Å². The van der Waals surface area contributed by atoms with Crippen LogP contribution in [0, 0.1) is 24.2 Å². The lowest BCUT2D eigenvalue weighted by Gasteiger charge is -2.05. The molecule has 0 spiro atoms. The Morgan fingerprint density at radius 1 is 1.58 bits per heavy atom. The van der Waals surface area contributed by atoms with Crippen LogP contribution in [0.25, 0.3) is 0 Å². The van der Waals surface area contributed by atoms with Gasteiger partial charge in [0.15, 0.2) is 0 Å². The Hall–Kier alpha value is -0.770. The van der Waals surface area contributed by atoms with Gasteiger partial charge < -0.3 is 0 Å². The summed E-state index contributed by atoms with van der Waals surface area (Å²) in [4.78, 5) is 11.5. The third-order valence-electron chi connectivity index (χ3n) is 2.67. The standard InChI is InChI=1S/C11H16O/c1-3-4-5-11(12)10-7-6-9(2)8-10/h1,9-10H,4-8H2,2H3. The maximum atomic E-state index is 11.5. The third kappa shape index (κ3) is 2.37. The summed E-state index contributed by atoms with van der Waals surface area (Å²) in [6, 6.07) is 0. The average Bonchev–Trinajstić information content (AvgIpc) is 2.47. The van der Waals surface area contributed by atoms with Gasteiger partial charge in [0.2, 0.25) is 0 Å². The van der Waals surface area contributed by atoms with E-state index in [1.165, 1.54) is 6.42 Å². The molecule has 0 aromatic rings. The Kier molecular flexibility index (Phi) is 3.34. The van der Waals surface area contributed by atoms with Crippen molar-refractivity contribution in [3.63, 3.8) is 0 Å². The first kappa shape index (κ1) is 9.32. The molecule has 1 fully saturated rings. The Bertz CT molecular complexity index is 200. The second kappa shape index (κ2) is 4.30. The van der Waals surface area contributed by atoms with Gasteiger partial charge in [-0.15, -0.1) is 12.3 Å². The molecule has 66 valence electrons. The number of Topliss-reactive ketones (excluding diaryl/α,β-unsaturated/α-hetero) is 1. The van der Waals surface area contributed by atoms with E-state index >= 15 is 0 Å². The van der Waals surface area contributed by atoms with Crippen molar-refractivity contribution in [2.75, 3.05) is 0 Å². The maximum Gasteiger partial charge on any atom is 0.136 e. The zero-order valence-electron chi connectivity index (χ0n) is 7.68. The summed E-state index contributed by atoms with van der Waals surface area (Å²) in [6.45, 7) is 2.22.